The van der Waals surface area contributed by atoms with Gasteiger partial charge in [0.1, 0.15) is 11.3 Å². The van der Waals surface area contributed by atoms with Gasteiger partial charge in [0.15, 0.2) is 0 Å². The minimum atomic E-state index is 1.01. The number of aromatic nitrogens is 4. The van der Waals surface area contributed by atoms with Crippen LogP contribution in [0.25, 0.3) is 110 Å². The molecule has 0 spiro atoms. The van der Waals surface area contributed by atoms with E-state index in [4.69, 9.17) is 0 Å². The molecule has 8 aromatic carbocycles. The van der Waals surface area contributed by atoms with Gasteiger partial charge in [-0.2, -0.15) is 0 Å². The van der Waals surface area contributed by atoms with Crippen molar-refractivity contribution < 1.29 is 0 Å². The van der Waals surface area contributed by atoms with Gasteiger partial charge in [0, 0.05) is 55.1 Å². The second-order valence-electron chi connectivity index (χ2n) is 15.7. The zero-order chi connectivity index (χ0) is 37.9. The highest BCUT2D eigenvalue weighted by molar-refractivity contribution is 6.24. The molecule has 13 rings (SSSR count). The van der Waals surface area contributed by atoms with Gasteiger partial charge < -0.3 is 0 Å². The number of rotatable bonds is 4. The Morgan fingerprint density at radius 2 is 0.776 bits per heavy atom. The fourth-order valence-electron chi connectivity index (χ4n) is 10.1. The molecule has 0 N–H and O–H groups in total. The van der Waals surface area contributed by atoms with Gasteiger partial charge in [0.25, 0.3) is 0 Å². The van der Waals surface area contributed by atoms with E-state index in [0.29, 0.717) is 0 Å². The van der Waals surface area contributed by atoms with Crippen LogP contribution < -0.4 is 0 Å². The summed E-state index contributed by atoms with van der Waals surface area (Å²) in [5.41, 5.74) is 12.1. The average Bonchev–Trinajstić information content (AvgIpc) is 4.00. The van der Waals surface area contributed by atoms with Crippen LogP contribution in [0.1, 0.15) is 12.8 Å². The molecule has 272 valence electrons. The minimum absolute atomic E-state index is 1.01. The smallest absolute Gasteiger partial charge is 0.131 e. The van der Waals surface area contributed by atoms with Gasteiger partial charge in [0.2, 0.25) is 0 Å². The van der Waals surface area contributed by atoms with Crippen molar-refractivity contribution in [2.45, 2.75) is 12.8 Å². The number of nitrogens with zero attached hydrogens (tertiary/aromatic N) is 4. The molecule has 0 aliphatic heterocycles. The quantitative estimate of drug-likeness (QED) is 0.160. The SMILES string of the molecule is C1=CCCC(n2c3ccccc3c3c4ccccc4n(-c4ccc5cc6cc(-n7c8ccccc8c8c9ccccc9n(-c9ccccc9)c87)ccc6cc5c4)c32)=C1. The molecule has 0 atom stereocenters. The van der Waals surface area contributed by atoms with Crippen LogP contribution in [-0.2, 0) is 0 Å². The minimum Gasteiger partial charge on any atom is -0.299 e. The van der Waals surface area contributed by atoms with Gasteiger partial charge in [-0.15, -0.1) is 0 Å². The first-order valence-corrected chi connectivity index (χ1v) is 20.3. The Bertz CT molecular complexity index is 3730. The molecule has 0 fully saturated rings. The highest BCUT2D eigenvalue weighted by Crippen LogP contribution is 2.43. The number of hydrogen-bond acceptors (Lipinski definition) is 0. The van der Waals surface area contributed by atoms with E-state index >= 15 is 0 Å². The van der Waals surface area contributed by atoms with Gasteiger partial charge >= 0.3 is 0 Å². The predicted molar refractivity (Wildman–Crippen MR) is 245 cm³/mol. The van der Waals surface area contributed by atoms with E-state index < -0.39 is 0 Å². The first-order valence-electron chi connectivity index (χ1n) is 20.3. The van der Waals surface area contributed by atoms with E-state index in [-0.39, 0.29) is 0 Å². The first-order chi connectivity index (χ1) is 28.8. The first kappa shape index (κ1) is 31.6. The zero-order valence-electron chi connectivity index (χ0n) is 31.7. The fraction of sp³-hybridized carbons (Fsp3) is 0.0370. The summed E-state index contributed by atoms with van der Waals surface area (Å²) in [4.78, 5) is 0. The summed E-state index contributed by atoms with van der Waals surface area (Å²) in [6.45, 7) is 0. The van der Waals surface area contributed by atoms with Crippen LogP contribution >= 0.6 is 0 Å². The lowest BCUT2D eigenvalue weighted by Crippen LogP contribution is -2.04. The summed E-state index contributed by atoms with van der Waals surface area (Å²) in [6, 6.07) is 64.9. The molecule has 0 bridgehead atoms. The van der Waals surface area contributed by atoms with E-state index in [0.717, 1.165) is 24.2 Å². The van der Waals surface area contributed by atoms with Crippen molar-refractivity contribution in [1.82, 2.24) is 18.3 Å². The Hall–Kier alpha value is -7.56. The van der Waals surface area contributed by atoms with Crippen molar-refractivity contribution in [3.63, 3.8) is 0 Å². The van der Waals surface area contributed by atoms with Crippen LogP contribution in [0.4, 0.5) is 0 Å². The molecule has 58 heavy (non-hydrogen) atoms. The Labute approximate surface area is 334 Å². The Morgan fingerprint density at radius 1 is 0.345 bits per heavy atom. The van der Waals surface area contributed by atoms with Crippen LogP contribution in [0.3, 0.4) is 0 Å². The Balaban J connectivity index is 1.03. The van der Waals surface area contributed by atoms with Crippen LogP contribution in [0.2, 0.25) is 0 Å². The summed E-state index contributed by atoms with van der Waals surface area (Å²) in [5.74, 6) is 0. The maximum absolute atomic E-state index is 2.51. The van der Waals surface area contributed by atoms with Crippen LogP contribution in [-0.4, -0.2) is 18.3 Å². The summed E-state index contributed by atoms with van der Waals surface area (Å²) < 4.78 is 9.90. The number of allylic oxidation sites excluding steroid dienone is 4. The summed E-state index contributed by atoms with van der Waals surface area (Å²) in [5, 5.41) is 12.6. The second-order valence-corrected chi connectivity index (χ2v) is 15.7. The van der Waals surface area contributed by atoms with Crippen LogP contribution in [0.5, 0.6) is 0 Å². The van der Waals surface area contributed by atoms with Gasteiger partial charge in [-0.25, -0.2) is 0 Å². The predicted octanol–water partition coefficient (Wildman–Crippen LogP) is 14.3. The van der Waals surface area contributed by atoms with E-state index in [2.05, 4.69) is 212 Å². The lowest BCUT2D eigenvalue weighted by Gasteiger charge is -2.17. The molecule has 0 radical (unpaired) electrons. The normalized spacial score (nSPS) is 13.4. The van der Waals surface area contributed by atoms with Crippen LogP contribution in [0.15, 0.2) is 194 Å². The molecule has 0 saturated heterocycles. The van der Waals surface area contributed by atoms with Gasteiger partial charge in [0.05, 0.1) is 22.1 Å². The zero-order valence-corrected chi connectivity index (χ0v) is 31.7. The Morgan fingerprint density at radius 3 is 1.26 bits per heavy atom. The molecule has 0 amide bonds. The van der Waals surface area contributed by atoms with E-state index in [1.165, 1.54) is 98.6 Å². The topological polar surface area (TPSA) is 19.7 Å². The number of fused-ring (bicyclic) bond motifs is 12. The largest absolute Gasteiger partial charge is 0.299 e. The third-order valence-electron chi connectivity index (χ3n) is 12.5. The molecule has 0 saturated carbocycles. The Kier molecular flexibility index (Phi) is 6.53. The van der Waals surface area contributed by atoms with Crippen molar-refractivity contribution in [1.29, 1.82) is 0 Å². The molecule has 4 nitrogen and oxygen atoms in total. The highest BCUT2D eigenvalue weighted by atomic mass is 15.2. The second kappa shape index (κ2) is 12.0. The standard InChI is InChI=1S/C54H36N4/c1-3-15-39(16-4-1)55-47-23-11-7-19-43(47)51-45-21-9-13-25-49(45)57(53(51)55)41-29-27-35-32-38-34-42(30-28-36(38)31-37(35)33-41)58-50-26-14-10-22-46(50)52-44-20-8-12-24-48(44)56(54(52)58)40-17-5-2-6-18-40/h1-5,7-17,19-34H,6,18H2. The third kappa shape index (κ3) is 4.34. The molecule has 4 heterocycles. The van der Waals surface area contributed by atoms with Crippen molar-refractivity contribution in [2.24, 2.45) is 0 Å². The van der Waals surface area contributed by atoms with Crippen LogP contribution in [0, 0.1) is 0 Å². The van der Waals surface area contributed by atoms with Gasteiger partial charge in [-0.3, -0.25) is 18.3 Å². The lowest BCUT2D eigenvalue weighted by atomic mass is 10.0. The fourth-order valence-corrected chi connectivity index (χ4v) is 10.1. The number of benzene rings is 8. The maximum Gasteiger partial charge on any atom is 0.131 e. The lowest BCUT2D eigenvalue weighted by molar-refractivity contribution is 0.961. The van der Waals surface area contributed by atoms with Crippen molar-refractivity contribution in [2.75, 3.05) is 0 Å². The third-order valence-corrected chi connectivity index (χ3v) is 12.5. The van der Waals surface area contributed by atoms with Gasteiger partial charge in [-0.05, 0) is 113 Å². The molecule has 1 aliphatic rings. The van der Waals surface area contributed by atoms with E-state index in [1.54, 1.807) is 0 Å². The van der Waals surface area contributed by atoms with Crippen molar-refractivity contribution in [3.05, 3.63) is 194 Å². The van der Waals surface area contributed by atoms with Crippen molar-refractivity contribution >= 4 is 92.9 Å². The molecular weight excluding hydrogens is 705 g/mol. The number of para-hydroxylation sites is 5. The molecule has 4 heteroatoms. The molecule has 1 aliphatic carbocycles. The molecule has 12 aromatic rings. The van der Waals surface area contributed by atoms with Gasteiger partial charge in [-0.1, -0.05) is 115 Å². The summed E-state index contributed by atoms with van der Waals surface area (Å²) in [6.07, 6.45) is 8.83. The monoisotopic (exact) mass is 740 g/mol. The summed E-state index contributed by atoms with van der Waals surface area (Å²) in [7, 11) is 0. The molecular formula is C54H36N4. The summed E-state index contributed by atoms with van der Waals surface area (Å²) >= 11 is 0. The average molecular weight is 741 g/mol. The van der Waals surface area contributed by atoms with E-state index in [1.807, 2.05) is 0 Å². The molecule has 0 unspecified atom stereocenters. The highest BCUT2D eigenvalue weighted by Gasteiger charge is 2.24. The number of hydrogen-bond donors (Lipinski definition) is 0. The maximum atomic E-state index is 2.51. The van der Waals surface area contributed by atoms with Crippen molar-refractivity contribution in [3.8, 4) is 17.1 Å². The van der Waals surface area contributed by atoms with E-state index in [9.17, 15) is 0 Å². The molecule has 4 aromatic heterocycles.